The number of hydrogen-bond donors (Lipinski definition) is 0. The van der Waals surface area contributed by atoms with E-state index in [4.69, 9.17) is 0 Å². The molecular weight excluding hydrogens is 314 g/mol. The summed E-state index contributed by atoms with van der Waals surface area (Å²) in [7, 11) is 0. The Hall–Kier alpha value is -2.65. The van der Waals surface area contributed by atoms with E-state index < -0.39 is 0 Å². The molecule has 2 heterocycles. The number of nitrogens with zero attached hydrogens (tertiary/aromatic N) is 1. The van der Waals surface area contributed by atoms with E-state index in [0.717, 1.165) is 33.5 Å². The molecule has 2 aromatic heterocycles. The standard InChI is InChI=1S/C21H17NOS/c1-3-14-7-9-18-16(12-14)17-13-15(8-10-19(17)22(18)4-2)21(23)20-6-5-11-24-20/h3,5-13H,1,4H2,2H3. The van der Waals surface area contributed by atoms with Gasteiger partial charge in [-0.2, -0.15) is 0 Å². The highest BCUT2D eigenvalue weighted by molar-refractivity contribution is 7.12. The van der Waals surface area contributed by atoms with Gasteiger partial charge in [0.2, 0.25) is 5.78 Å². The lowest BCUT2D eigenvalue weighted by atomic mass is 10.0. The molecule has 0 unspecified atom stereocenters. The zero-order valence-corrected chi connectivity index (χ0v) is 14.3. The molecule has 0 fully saturated rings. The van der Waals surface area contributed by atoms with Crippen molar-refractivity contribution >= 4 is 45.0 Å². The average Bonchev–Trinajstić information content (AvgIpc) is 3.26. The van der Waals surface area contributed by atoms with E-state index >= 15 is 0 Å². The molecule has 0 saturated carbocycles. The second-order valence-corrected chi connectivity index (χ2v) is 6.71. The van der Waals surface area contributed by atoms with Gasteiger partial charge in [0, 0.05) is 33.9 Å². The fourth-order valence-electron chi connectivity index (χ4n) is 3.28. The van der Waals surface area contributed by atoms with Crippen molar-refractivity contribution in [1.29, 1.82) is 0 Å². The van der Waals surface area contributed by atoms with Gasteiger partial charge in [-0.1, -0.05) is 24.8 Å². The third kappa shape index (κ3) is 2.21. The fourth-order valence-corrected chi connectivity index (χ4v) is 3.97. The van der Waals surface area contributed by atoms with E-state index in [2.05, 4.69) is 42.3 Å². The first kappa shape index (κ1) is 14.9. The number of benzene rings is 2. The van der Waals surface area contributed by atoms with Crippen molar-refractivity contribution in [2.45, 2.75) is 13.5 Å². The van der Waals surface area contributed by atoms with Crippen molar-refractivity contribution < 1.29 is 4.79 Å². The summed E-state index contributed by atoms with van der Waals surface area (Å²) >= 11 is 1.48. The molecule has 0 atom stereocenters. The molecule has 0 aliphatic heterocycles. The normalized spacial score (nSPS) is 11.2. The second kappa shape index (κ2) is 5.77. The topological polar surface area (TPSA) is 22.0 Å². The van der Waals surface area contributed by atoms with E-state index in [-0.39, 0.29) is 5.78 Å². The monoisotopic (exact) mass is 331 g/mol. The van der Waals surface area contributed by atoms with Gasteiger partial charge in [0.1, 0.15) is 0 Å². The predicted octanol–water partition coefficient (Wildman–Crippen LogP) is 5.75. The van der Waals surface area contributed by atoms with Crippen LogP contribution in [-0.2, 0) is 6.54 Å². The SMILES string of the molecule is C=Cc1ccc2c(c1)c1cc(C(=O)c3cccs3)ccc1n2CC. The van der Waals surface area contributed by atoms with Crippen LogP contribution in [0, 0.1) is 0 Å². The highest BCUT2D eigenvalue weighted by atomic mass is 32.1. The summed E-state index contributed by atoms with van der Waals surface area (Å²) in [6, 6.07) is 16.2. The van der Waals surface area contributed by atoms with Gasteiger partial charge in [0.25, 0.3) is 0 Å². The molecule has 2 nitrogen and oxygen atoms in total. The molecule has 0 aliphatic carbocycles. The first-order chi connectivity index (χ1) is 11.7. The van der Waals surface area contributed by atoms with Gasteiger partial charge in [-0.15, -0.1) is 11.3 Å². The minimum atomic E-state index is 0.0872. The van der Waals surface area contributed by atoms with Gasteiger partial charge in [0.05, 0.1) is 4.88 Å². The van der Waals surface area contributed by atoms with E-state index in [1.54, 1.807) is 0 Å². The maximum absolute atomic E-state index is 12.7. The molecule has 4 rings (SSSR count). The number of carbonyl (C=O) groups is 1. The Morgan fingerprint density at radius 3 is 2.54 bits per heavy atom. The Balaban J connectivity index is 2.00. The van der Waals surface area contributed by atoms with Crippen molar-refractivity contribution in [2.75, 3.05) is 0 Å². The zero-order chi connectivity index (χ0) is 16.7. The van der Waals surface area contributed by atoms with Crippen LogP contribution in [0.25, 0.3) is 27.9 Å². The number of hydrogen-bond acceptors (Lipinski definition) is 2. The number of aryl methyl sites for hydroxylation is 1. The molecule has 3 heteroatoms. The molecular formula is C21H17NOS. The van der Waals surface area contributed by atoms with Crippen LogP contribution >= 0.6 is 11.3 Å². The van der Waals surface area contributed by atoms with Crippen LogP contribution in [-0.4, -0.2) is 10.4 Å². The summed E-state index contributed by atoms with van der Waals surface area (Å²) in [5, 5.41) is 4.23. The quantitative estimate of drug-likeness (QED) is 0.436. The Morgan fingerprint density at radius 1 is 1.12 bits per heavy atom. The first-order valence-corrected chi connectivity index (χ1v) is 8.87. The van der Waals surface area contributed by atoms with Crippen LogP contribution in [0.4, 0.5) is 0 Å². The van der Waals surface area contributed by atoms with Crippen LogP contribution < -0.4 is 0 Å². The van der Waals surface area contributed by atoms with Crippen molar-refractivity contribution in [3.05, 3.63) is 76.5 Å². The van der Waals surface area contributed by atoms with E-state index in [1.807, 2.05) is 35.7 Å². The number of ketones is 1. The van der Waals surface area contributed by atoms with Gasteiger partial charge in [-0.05, 0) is 54.3 Å². The summed E-state index contributed by atoms with van der Waals surface area (Å²) in [5.74, 6) is 0.0872. The first-order valence-electron chi connectivity index (χ1n) is 7.99. The summed E-state index contributed by atoms with van der Waals surface area (Å²) in [6.07, 6.45) is 1.86. The molecule has 4 aromatic rings. The summed E-state index contributed by atoms with van der Waals surface area (Å²) in [6.45, 7) is 6.90. The van der Waals surface area contributed by atoms with Crippen LogP contribution in [0.3, 0.4) is 0 Å². The third-order valence-corrected chi connectivity index (χ3v) is 5.32. The molecule has 0 aliphatic rings. The summed E-state index contributed by atoms with van der Waals surface area (Å²) in [5.41, 5.74) is 4.19. The molecule has 118 valence electrons. The average molecular weight is 331 g/mol. The van der Waals surface area contributed by atoms with E-state index in [0.29, 0.717) is 0 Å². The van der Waals surface area contributed by atoms with Crippen molar-refractivity contribution in [1.82, 2.24) is 4.57 Å². The Kier molecular flexibility index (Phi) is 3.58. The maximum Gasteiger partial charge on any atom is 0.202 e. The van der Waals surface area contributed by atoms with Gasteiger partial charge < -0.3 is 4.57 Å². The number of carbonyl (C=O) groups excluding carboxylic acids is 1. The number of rotatable bonds is 4. The lowest BCUT2D eigenvalue weighted by Gasteiger charge is -2.03. The molecule has 0 spiro atoms. The number of aromatic nitrogens is 1. The lowest BCUT2D eigenvalue weighted by molar-refractivity contribution is 0.104. The Bertz CT molecular complexity index is 1070. The van der Waals surface area contributed by atoms with Gasteiger partial charge in [-0.25, -0.2) is 0 Å². The summed E-state index contributed by atoms with van der Waals surface area (Å²) < 4.78 is 2.29. The highest BCUT2D eigenvalue weighted by Crippen LogP contribution is 2.31. The van der Waals surface area contributed by atoms with Crippen molar-refractivity contribution in [2.24, 2.45) is 0 Å². The van der Waals surface area contributed by atoms with E-state index in [9.17, 15) is 4.79 Å². The predicted molar refractivity (Wildman–Crippen MR) is 103 cm³/mol. The molecule has 0 saturated heterocycles. The Morgan fingerprint density at radius 2 is 1.88 bits per heavy atom. The summed E-state index contributed by atoms with van der Waals surface area (Å²) in [4.78, 5) is 13.5. The molecule has 0 radical (unpaired) electrons. The van der Waals surface area contributed by atoms with Crippen LogP contribution in [0.15, 0.2) is 60.5 Å². The van der Waals surface area contributed by atoms with Gasteiger partial charge in [0.15, 0.2) is 0 Å². The van der Waals surface area contributed by atoms with Crippen LogP contribution in [0.1, 0.15) is 27.7 Å². The Labute approximate surface area is 144 Å². The second-order valence-electron chi connectivity index (χ2n) is 5.76. The number of fused-ring (bicyclic) bond motifs is 3. The number of thiophene rings is 1. The van der Waals surface area contributed by atoms with Gasteiger partial charge in [-0.3, -0.25) is 4.79 Å². The molecule has 2 aromatic carbocycles. The fraction of sp³-hybridized carbons (Fsp3) is 0.0952. The van der Waals surface area contributed by atoms with Gasteiger partial charge >= 0.3 is 0 Å². The van der Waals surface area contributed by atoms with Crippen LogP contribution in [0.2, 0.25) is 0 Å². The molecule has 24 heavy (non-hydrogen) atoms. The minimum Gasteiger partial charge on any atom is -0.341 e. The highest BCUT2D eigenvalue weighted by Gasteiger charge is 2.15. The molecule has 0 bridgehead atoms. The van der Waals surface area contributed by atoms with Crippen molar-refractivity contribution in [3.8, 4) is 0 Å². The van der Waals surface area contributed by atoms with Crippen LogP contribution in [0.5, 0.6) is 0 Å². The minimum absolute atomic E-state index is 0.0872. The molecule has 0 amide bonds. The lowest BCUT2D eigenvalue weighted by Crippen LogP contribution is -1.98. The molecule has 0 N–H and O–H groups in total. The van der Waals surface area contributed by atoms with E-state index in [1.165, 1.54) is 22.2 Å². The third-order valence-electron chi connectivity index (χ3n) is 4.45. The largest absolute Gasteiger partial charge is 0.341 e. The van der Waals surface area contributed by atoms with Crippen molar-refractivity contribution in [3.63, 3.8) is 0 Å². The smallest absolute Gasteiger partial charge is 0.202 e. The maximum atomic E-state index is 12.7. The zero-order valence-electron chi connectivity index (χ0n) is 13.5.